The van der Waals surface area contributed by atoms with Crippen LogP contribution < -0.4 is 10.6 Å². The van der Waals surface area contributed by atoms with Crippen molar-refractivity contribution in [1.82, 2.24) is 10.6 Å². The summed E-state index contributed by atoms with van der Waals surface area (Å²) in [7, 11) is 0. The molecule has 0 spiro atoms. The molecule has 0 radical (unpaired) electrons. The number of halogens is 1. The van der Waals surface area contributed by atoms with E-state index in [1.54, 1.807) is 0 Å². The van der Waals surface area contributed by atoms with Gasteiger partial charge >= 0.3 is 0 Å². The Labute approximate surface area is 146 Å². The molecule has 2 amide bonds. The Hall–Kier alpha value is -1.20. The fourth-order valence-electron chi connectivity index (χ4n) is 2.60. The topological polar surface area (TPSA) is 58.2 Å². The highest BCUT2D eigenvalue weighted by Gasteiger charge is 2.18. The van der Waals surface area contributed by atoms with Crippen LogP contribution in [0.15, 0.2) is 29.2 Å². The quantitative estimate of drug-likeness (QED) is 0.738. The van der Waals surface area contributed by atoms with Crippen molar-refractivity contribution >= 4 is 35.2 Å². The van der Waals surface area contributed by atoms with E-state index >= 15 is 0 Å². The second-order valence-electron chi connectivity index (χ2n) is 5.78. The summed E-state index contributed by atoms with van der Waals surface area (Å²) in [4.78, 5) is 24.8. The van der Waals surface area contributed by atoms with Gasteiger partial charge in [0.05, 0.1) is 10.3 Å². The van der Waals surface area contributed by atoms with Crippen molar-refractivity contribution in [1.29, 1.82) is 0 Å². The number of carbonyl (C=O) groups is 2. The third-order valence-electron chi connectivity index (χ3n) is 3.88. The fourth-order valence-corrected chi connectivity index (χ4v) is 3.78. The molecule has 126 valence electrons. The Morgan fingerprint density at radius 2 is 2.00 bits per heavy atom. The molecule has 6 heteroatoms. The molecule has 4 nitrogen and oxygen atoms in total. The van der Waals surface area contributed by atoms with Crippen molar-refractivity contribution in [3.05, 3.63) is 29.3 Å². The molecule has 1 fully saturated rings. The monoisotopic (exact) mass is 354 g/mol. The average Bonchev–Trinajstić information content (AvgIpc) is 3.02. The lowest BCUT2D eigenvalue weighted by Crippen LogP contribution is -2.37. The number of nitrogens with one attached hydrogen (secondary N) is 2. The predicted molar refractivity (Wildman–Crippen MR) is 94.8 cm³/mol. The minimum Gasteiger partial charge on any atom is -0.355 e. The summed E-state index contributed by atoms with van der Waals surface area (Å²) < 4.78 is 0. The zero-order chi connectivity index (χ0) is 16.7. The van der Waals surface area contributed by atoms with Gasteiger partial charge in [-0.1, -0.05) is 36.6 Å². The first kappa shape index (κ1) is 18.1. The SMILES string of the molecule is CC(Sc1ccccc1Cl)C(=O)NCCC(=O)NC1CCCC1. The van der Waals surface area contributed by atoms with Crippen LogP contribution in [-0.2, 0) is 9.59 Å². The van der Waals surface area contributed by atoms with Gasteiger partial charge in [-0.15, -0.1) is 11.8 Å². The molecular weight excluding hydrogens is 332 g/mol. The molecule has 0 aromatic heterocycles. The van der Waals surface area contributed by atoms with E-state index in [0.717, 1.165) is 17.7 Å². The Balaban J connectivity index is 1.67. The van der Waals surface area contributed by atoms with E-state index in [1.807, 2.05) is 31.2 Å². The summed E-state index contributed by atoms with van der Waals surface area (Å²) in [6.07, 6.45) is 4.86. The van der Waals surface area contributed by atoms with Crippen molar-refractivity contribution in [3.8, 4) is 0 Å². The van der Waals surface area contributed by atoms with Gasteiger partial charge in [-0.2, -0.15) is 0 Å². The highest BCUT2D eigenvalue weighted by Crippen LogP contribution is 2.29. The van der Waals surface area contributed by atoms with E-state index in [1.165, 1.54) is 24.6 Å². The molecule has 1 aromatic carbocycles. The van der Waals surface area contributed by atoms with Crippen LogP contribution in [-0.4, -0.2) is 29.7 Å². The van der Waals surface area contributed by atoms with E-state index in [2.05, 4.69) is 10.6 Å². The summed E-state index contributed by atoms with van der Waals surface area (Å²) in [5, 5.41) is 6.22. The maximum Gasteiger partial charge on any atom is 0.233 e. The second-order valence-corrected chi connectivity index (χ2v) is 7.57. The number of amides is 2. The van der Waals surface area contributed by atoms with Crippen molar-refractivity contribution in [2.24, 2.45) is 0 Å². The van der Waals surface area contributed by atoms with Crippen LogP contribution >= 0.6 is 23.4 Å². The Bertz CT molecular complexity index is 547. The first-order chi connectivity index (χ1) is 11.1. The molecule has 23 heavy (non-hydrogen) atoms. The zero-order valence-electron chi connectivity index (χ0n) is 13.3. The van der Waals surface area contributed by atoms with Gasteiger partial charge in [-0.05, 0) is 31.9 Å². The van der Waals surface area contributed by atoms with E-state index in [-0.39, 0.29) is 17.1 Å². The van der Waals surface area contributed by atoms with Crippen molar-refractivity contribution in [2.75, 3.05) is 6.54 Å². The van der Waals surface area contributed by atoms with Crippen molar-refractivity contribution in [2.45, 2.75) is 55.2 Å². The third kappa shape index (κ3) is 6.07. The number of benzene rings is 1. The molecular formula is C17H23ClN2O2S. The molecule has 0 aliphatic heterocycles. The average molecular weight is 355 g/mol. The van der Waals surface area contributed by atoms with Crippen LogP contribution in [0, 0.1) is 0 Å². The number of hydrogen-bond donors (Lipinski definition) is 2. The summed E-state index contributed by atoms with van der Waals surface area (Å²) in [6.45, 7) is 2.20. The second kappa shape index (κ2) is 9.18. The molecule has 0 bridgehead atoms. The molecule has 1 aliphatic rings. The fraction of sp³-hybridized carbons (Fsp3) is 0.529. The maximum absolute atomic E-state index is 12.1. The van der Waals surface area contributed by atoms with Crippen LogP contribution in [0.25, 0.3) is 0 Å². The smallest absolute Gasteiger partial charge is 0.233 e. The summed E-state index contributed by atoms with van der Waals surface area (Å²) >= 11 is 7.51. The van der Waals surface area contributed by atoms with Gasteiger partial charge < -0.3 is 10.6 Å². The molecule has 1 unspecified atom stereocenters. The molecule has 2 rings (SSSR count). The van der Waals surface area contributed by atoms with Gasteiger partial charge in [-0.3, -0.25) is 9.59 Å². The first-order valence-electron chi connectivity index (χ1n) is 8.04. The van der Waals surface area contributed by atoms with Gasteiger partial charge in [0.1, 0.15) is 0 Å². The van der Waals surface area contributed by atoms with Gasteiger partial charge in [0.15, 0.2) is 0 Å². The zero-order valence-corrected chi connectivity index (χ0v) is 14.9. The number of hydrogen-bond acceptors (Lipinski definition) is 3. The Morgan fingerprint density at radius 1 is 1.30 bits per heavy atom. The summed E-state index contributed by atoms with van der Waals surface area (Å²) in [5.41, 5.74) is 0. The van der Waals surface area contributed by atoms with Crippen LogP contribution in [0.5, 0.6) is 0 Å². The van der Waals surface area contributed by atoms with E-state index in [4.69, 9.17) is 11.6 Å². The number of rotatable bonds is 7. The van der Waals surface area contributed by atoms with Crippen LogP contribution in [0.3, 0.4) is 0 Å². The normalized spacial score (nSPS) is 16.1. The molecule has 2 N–H and O–H groups in total. The van der Waals surface area contributed by atoms with Gasteiger partial charge in [0, 0.05) is 23.9 Å². The largest absolute Gasteiger partial charge is 0.355 e. The van der Waals surface area contributed by atoms with Gasteiger partial charge in [-0.25, -0.2) is 0 Å². The lowest BCUT2D eigenvalue weighted by Gasteiger charge is -2.14. The highest BCUT2D eigenvalue weighted by atomic mass is 35.5. The first-order valence-corrected chi connectivity index (χ1v) is 9.30. The summed E-state index contributed by atoms with van der Waals surface area (Å²) in [5.74, 6) is -0.0628. The van der Waals surface area contributed by atoms with Gasteiger partial charge in [0.2, 0.25) is 11.8 Å². The number of thioether (sulfide) groups is 1. The van der Waals surface area contributed by atoms with E-state index < -0.39 is 0 Å². The van der Waals surface area contributed by atoms with Gasteiger partial charge in [0.25, 0.3) is 0 Å². The maximum atomic E-state index is 12.1. The Kier molecular flexibility index (Phi) is 7.24. The lowest BCUT2D eigenvalue weighted by atomic mass is 10.2. The highest BCUT2D eigenvalue weighted by molar-refractivity contribution is 8.00. The summed E-state index contributed by atoms with van der Waals surface area (Å²) in [6, 6.07) is 7.79. The van der Waals surface area contributed by atoms with Crippen molar-refractivity contribution < 1.29 is 9.59 Å². The van der Waals surface area contributed by atoms with E-state index in [9.17, 15) is 9.59 Å². The van der Waals surface area contributed by atoms with Crippen LogP contribution in [0.1, 0.15) is 39.0 Å². The molecule has 1 aliphatic carbocycles. The molecule has 1 saturated carbocycles. The molecule has 1 aromatic rings. The molecule has 0 saturated heterocycles. The number of carbonyl (C=O) groups excluding carboxylic acids is 2. The lowest BCUT2D eigenvalue weighted by molar-refractivity contribution is -0.122. The minimum absolute atomic E-state index is 0.0172. The molecule has 1 atom stereocenters. The minimum atomic E-state index is -0.257. The third-order valence-corrected chi connectivity index (χ3v) is 5.50. The van der Waals surface area contributed by atoms with E-state index in [0.29, 0.717) is 24.0 Å². The molecule has 0 heterocycles. The predicted octanol–water partition coefficient (Wildman–Crippen LogP) is 3.39. The van der Waals surface area contributed by atoms with Crippen LogP contribution in [0.4, 0.5) is 0 Å². The van der Waals surface area contributed by atoms with Crippen molar-refractivity contribution in [3.63, 3.8) is 0 Å². The Morgan fingerprint density at radius 3 is 2.70 bits per heavy atom. The standard InChI is InChI=1S/C17H23ClN2O2S/c1-12(23-15-9-5-4-8-14(15)18)17(22)19-11-10-16(21)20-13-6-2-3-7-13/h4-5,8-9,12-13H,2-3,6-7,10-11H2,1H3,(H,19,22)(H,20,21). The van der Waals surface area contributed by atoms with Crippen LogP contribution in [0.2, 0.25) is 5.02 Å².